The fourth-order valence-electron chi connectivity index (χ4n) is 2.66. The van der Waals surface area contributed by atoms with Crippen molar-refractivity contribution < 1.29 is 4.79 Å². The van der Waals surface area contributed by atoms with E-state index in [4.69, 9.17) is 0 Å². The molecule has 0 bridgehead atoms. The average molecular weight is 285 g/mol. The summed E-state index contributed by atoms with van der Waals surface area (Å²) >= 11 is 0. The van der Waals surface area contributed by atoms with Crippen molar-refractivity contribution in [3.05, 3.63) is 41.2 Å². The van der Waals surface area contributed by atoms with Crippen LogP contribution in [0.2, 0.25) is 0 Å². The Morgan fingerprint density at radius 1 is 1.33 bits per heavy atom. The van der Waals surface area contributed by atoms with Gasteiger partial charge in [0.2, 0.25) is 5.95 Å². The van der Waals surface area contributed by atoms with Gasteiger partial charge >= 0.3 is 6.03 Å². The lowest BCUT2D eigenvalue weighted by atomic mass is 9.88. The molecule has 110 valence electrons. The number of fused-ring (bicyclic) bond motifs is 1. The Morgan fingerprint density at radius 3 is 2.81 bits per heavy atom. The van der Waals surface area contributed by atoms with E-state index in [1.807, 2.05) is 13.0 Å². The molecule has 2 amide bonds. The Balaban J connectivity index is 1.59. The van der Waals surface area contributed by atoms with Crippen molar-refractivity contribution in [2.75, 3.05) is 5.32 Å². The van der Waals surface area contributed by atoms with Crippen LogP contribution in [0.15, 0.2) is 24.3 Å². The number of hydrogen-bond donors (Lipinski definition) is 2. The van der Waals surface area contributed by atoms with Gasteiger partial charge < -0.3 is 5.32 Å². The summed E-state index contributed by atoms with van der Waals surface area (Å²) in [5.41, 5.74) is 2.71. The summed E-state index contributed by atoms with van der Waals surface area (Å²) in [5.74, 6) is 1.10. The van der Waals surface area contributed by atoms with Gasteiger partial charge in [0, 0.05) is 13.1 Å². The van der Waals surface area contributed by atoms with Crippen molar-refractivity contribution in [2.45, 2.75) is 32.2 Å². The molecule has 6 heteroatoms. The Hall–Kier alpha value is -2.37. The highest BCUT2D eigenvalue weighted by Crippen LogP contribution is 2.21. The summed E-state index contributed by atoms with van der Waals surface area (Å²) in [6.07, 6.45) is 2.83. The normalized spacial score (nSPS) is 17.1. The van der Waals surface area contributed by atoms with Crippen molar-refractivity contribution >= 4 is 12.0 Å². The minimum absolute atomic E-state index is 0.157. The Labute approximate surface area is 123 Å². The number of benzene rings is 1. The fourth-order valence-corrected chi connectivity index (χ4v) is 2.66. The Morgan fingerprint density at radius 2 is 2.10 bits per heavy atom. The molecule has 6 nitrogen and oxygen atoms in total. The summed E-state index contributed by atoms with van der Waals surface area (Å²) in [6, 6.07) is 8.31. The first-order chi connectivity index (χ1) is 10.1. The minimum Gasteiger partial charge on any atom is -0.335 e. The van der Waals surface area contributed by atoms with E-state index in [0.29, 0.717) is 5.95 Å². The molecule has 0 aliphatic heterocycles. The van der Waals surface area contributed by atoms with E-state index in [1.54, 1.807) is 11.7 Å². The number of hydrogen-bond acceptors (Lipinski definition) is 3. The number of urea groups is 1. The first-order valence-corrected chi connectivity index (χ1v) is 7.14. The van der Waals surface area contributed by atoms with Crippen LogP contribution >= 0.6 is 0 Å². The van der Waals surface area contributed by atoms with Crippen LogP contribution in [0, 0.1) is 6.92 Å². The number of carbonyl (C=O) groups is 1. The number of nitrogens with zero attached hydrogens (tertiary/aromatic N) is 3. The van der Waals surface area contributed by atoms with Gasteiger partial charge in [-0.15, -0.1) is 5.10 Å². The van der Waals surface area contributed by atoms with Crippen molar-refractivity contribution in [2.24, 2.45) is 7.05 Å². The molecule has 0 spiro atoms. The maximum absolute atomic E-state index is 12.0. The molecule has 2 N–H and O–H groups in total. The molecule has 1 aliphatic carbocycles. The zero-order valence-corrected chi connectivity index (χ0v) is 12.3. The van der Waals surface area contributed by atoms with E-state index in [2.05, 4.69) is 38.9 Å². The van der Waals surface area contributed by atoms with E-state index in [0.717, 1.165) is 25.1 Å². The van der Waals surface area contributed by atoms with Crippen LogP contribution in [0.1, 0.15) is 23.4 Å². The molecule has 1 aromatic heterocycles. The lowest BCUT2D eigenvalue weighted by Crippen LogP contribution is -2.41. The predicted octanol–water partition coefficient (Wildman–Crippen LogP) is 1.80. The van der Waals surface area contributed by atoms with E-state index >= 15 is 0 Å². The molecule has 1 aromatic carbocycles. The number of aromatic nitrogens is 3. The van der Waals surface area contributed by atoms with Gasteiger partial charge in [-0.05, 0) is 37.3 Å². The first-order valence-electron chi connectivity index (χ1n) is 7.14. The van der Waals surface area contributed by atoms with Crippen molar-refractivity contribution in [1.82, 2.24) is 20.1 Å². The van der Waals surface area contributed by atoms with Gasteiger partial charge in [0.25, 0.3) is 0 Å². The Bertz CT molecular complexity index is 644. The molecule has 1 heterocycles. The second-order valence-electron chi connectivity index (χ2n) is 5.41. The number of nitrogens with one attached hydrogen (secondary N) is 2. The van der Waals surface area contributed by atoms with Crippen molar-refractivity contribution in [3.63, 3.8) is 0 Å². The maximum Gasteiger partial charge on any atom is 0.321 e. The highest BCUT2D eigenvalue weighted by molar-refractivity contribution is 5.87. The van der Waals surface area contributed by atoms with Crippen LogP contribution in [-0.4, -0.2) is 26.8 Å². The number of amides is 2. The third-order valence-electron chi connectivity index (χ3n) is 3.89. The zero-order valence-electron chi connectivity index (χ0n) is 12.3. The molecular formula is C15H19N5O. The van der Waals surface area contributed by atoms with Crippen LogP contribution in [0.5, 0.6) is 0 Å². The van der Waals surface area contributed by atoms with Gasteiger partial charge in [0.15, 0.2) is 0 Å². The topological polar surface area (TPSA) is 71.8 Å². The largest absolute Gasteiger partial charge is 0.335 e. The monoisotopic (exact) mass is 285 g/mol. The van der Waals surface area contributed by atoms with Crippen molar-refractivity contribution in [1.29, 1.82) is 0 Å². The minimum atomic E-state index is -0.245. The molecule has 1 atom stereocenters. The van der Waals surface area contributed by atoms with Crippen molar-refractivity contribution in [3.8, 4) is 0 Å². The molecule has 0 radical (unpaired) electrons. The van der Waals surface area contributed by atoms with Gasteiger partial charge in [-0.25, -0.2) is 4.79 Å². The predicted molar refractivity (Wildman–Crippen MR) is 80.1 cm³/mol. The number of carbonyl (C=O) groups excluding carboxylic acids is 1. The van der Waals surface area contributed by atoms with Gasteiger partial charge in [0.1, 0.15) is 5.82 Å². The summed E-state index contributed by atoms with van der Waals surface area (Å²) < 4.78 is 1.63. The smallest absolute Gasteiger partial charge is 0.321 e. The third kappa shape index (κ3) is 3.04. The molecule has 0 saturated heterocycles. The van der Waals surface area contributed by atoms with Crippen LogP contribution in [0.3, 0.4) is 0 Å². The second kappa shape index (κ2) is 5.55. The van der Waals surface area contributed by atoms with Crippen LogP contribution in [0.25, 0.3) is 0 Å². The van der Waals surface area contributed by atoms with E-state index < -0.39 is 0 Å². The molecule has 1 aliphatic rings. The summed E-state index contributed by atoms with van der Waals surface area (Å²) in [4.78, 5) is 16.2. The Kier molecular flexibility index (Phi) is 3.60. The molecule has 0 saturated carbocycles. The van der Waals surface area contributed by atoms with Crippen LogP contribution in [-0.2, 0) is 19.9 Å². The highest BCUT2D eigenvalue weighted by Gasteiger charge is 2.20. The molecule has 0 fully saturated rings. The first kappa shape index (κ1) is 13.6. The van der Waals surface area contributed by atoms with E-state index in [9.17, 15) is 4.79 Å². The van der Waals surface area contributed by atoms with E-state index in [-0.39, 0.29) is 12.1 Å². The molecule has 0 unspecified atom stereocenters. The molecule has 21 heavy (non-hydrogen) atoms. The number of rotatable bonds is 2. The van der Waals surface area contributed by atoms with Gasteiger partial charge in [-0.2, -0.15) is 4.98 Å². The van der Waals surface area contributed by atoms with Crippen LogP contribution < -0.4 is 10.6 Å². The number of anilines is 1. The van der Waals surface area contributed by atoms with E-state index in [1.165, 1.54) is 11.1 Å². The quantitative estimate of drug-likeness (QED) is 0.884. The van der Waals surface area contributed by atoms with Gasteiger partial charge in [-0.3, -0.25) is 10.00 Å². The molecule has 3 rings (SSSR count). The second-order valence-corrected chi connectivity index (χ2v) is 5.41. The van der Waals surface area contributed by atoms with Gasteiger partial charge in [-0.1, -0.05) is 24.3 Å². The lowest BCUT2D eigenvalue weighted by Gasteiger charge is -2.25. The number of aryl methyl sites for hydroxylation is 3. The maximum atomic E-state index is 12.0. The summed E-state index contributed by atoms with van der Waals surface area (Å²) in [7, 11) is 1.80. The third-order valence-corrected chi connectivity index (χ3v) is 3.89. The summed E-state index contributed by atoms with van der Waals surface area (Å²) in [5, 5.41) is 9.79. The fraction of sp³-hybridized carbons (Fsp3) is 0.400. The molecular weight excluding hydrogens is 266 g/mol. The molecule has 2 aromatic rings. The standard InChI is InChI=1S/C15H19N5O/c1-10-16-14(19-20(10)2)18-15(21)17-13-8-7-11-5-3-4-6-12(11)9-13/h3-6,13H,7-9H2,1-2H3,(H2,17,18,19,21)/t13-/m0/s1. The summed E-state index contributed by atoms with van der Waals surface area (Å²) in [6.45, 7) is 1.84. The van der Waals surface area contributed by atoms with Crippen LogP contribution in [0.4, 0.5) is 10.7 Å². The lowest BCUT2D eigenvalue weighted by molar-refractivity contribution is 0.247. The zero-order chi connectivity index (χ0) is 14.8. The van der Waals surface area contributed by atoms with Gasteiger partial charge in [0.05, 0.1) is 0 Å². The average Bonchev–Trinajstić information content (AvgIpc) is 2.77. The highest BCUT2D eigenvalue weighted by atomic mass is 16.2. The SMILES string of the molecule is Cc1nc(NC(=O)N[C@H]2CCc3ccccc3C2)nn1C.